The minimum absolute atomic E-state index is 0.0942. The first-order valence-corrected chi connectivity index (χ1v) is 5.68. The van der Waals surface area contributed by atoms with Gasteiger partial charge < -0.3 is 0 Å². The Balaban J connectivity index is 2.29. The number of carbonyl (C=O) groups excluding carboxylic acids is 1. The number of nitrogens with zero attached hydrogens (tertiary/aromatic N) is 1. The van der Waals surface area contributed by atoms with E-state index in [2.05, 4.69) is 24.9 Å². The molecule has 80 valence electrons. The molecule has 15 heavy (non-hydrogen) atoms. The molecule has 1 fully saturated rings. The van der Waals surface area contributed by atoms with Crippen molar-refractivity contribution < 1.29 is 4.79 Å². The van der Waals surface area contributed by atoms with E-state index in [-0.39, 0.29) is 5.41 Å². The van der Waals surface area contributed by atoms with E-state index in [0.29, 0.717) is 18.1 Å². The molecule has 0 aromatic carbocycles. The van der Waals surface area contributed by atoms with Gasteiger partial charge in [-0.15, -0.1) is 0 Å². The number of Topliss-reactive ketones (excluding diaryl/α,β-unsaturated/α-hetero) is 1. The maximum atomic E-state index is 11.8. The highest BCUT2D eigenvalue weighted by molar-refractivity contribution is 5.93. The first-order valence-electron chi connectivity index (χ1n) is 5.68. The summed E-state index contributed by atoms with van der Waals surface area (Å²) in [6, 6.07) is 4.04. The fraction of sp³-hybridized carbons (Fsp3) is 0.538. The third-order valence-corrected chi connectivity index (χ3v) is 3.96. The summed E-state index contributed by atoms with van der Waals surface area (Å²) >= 11 is 0. The molecular weight excluding hydrogens is 186 g/mol. The molecule has 0 N–H and O–H groups in total. The van der Waals surface area contributed by atoms with Crippen molar-refractivity contribution in [3.63, 3.8) is 0 Å². The Kier molecular flexibility index (Phi) is 2.59. The first kappa shape index (κ1) is 10.3. The van der Waals surface area contributed by atoms with Gasteiger partial charge in [-0.05, 0) is 24.5 Å². The average molecular weight is 203 g/mol. The van der Waals surface area contributed by atoms with Crippen LogP contribution in [-0.2, 0) is 4.79 Å². The molecule has 1 atom stereocenters. The van der Waals surface area contributed by atoms with Gasteiger partial charge in [0, 0.05) is 30.1 Å². The number of hydrogen-bond acceptors (Lipinski definition) is 2. The van der Waals surface area contributed by atoms with Crippen molar-refractivity contribution in [1.82, 2.24) is 4.98 Å². The number of rotatable bonds is 3. The minimum atomic E-state index is -0.0942. The Bertz CT molecular complexity index is 354. The molecule has 1 aromatic rings. The SMILES string of the molecule is CCC1(CC)C(=O)CC1c1cccnc1. The predicted molar refractivity (Wildman–Crippen MR) is 59.6 cm³/mol. The van der Waals surface area contributed by atoms with Crippen LogP contribution in [0.2, 0.25) is 0 Å². The van der Waals surface area contributed by atoms with E-state index in [9.17, 15) is 4.79 Å². The van der Waals surface area contributed by atoms with Crippen LogP contribution in [-0.4, -0.2) is 10.8 Å². The van der Waals surface area contributed by atoms with Gasteiger partial charge in [-0.25, -0.2) is 0 Å². The van der Waals surface area contributed by atoms with Crippen molar-refractivity contribution >= 4 is 5.78 Å². The van der Waals surface area contributed by atoms with Gasteiger partial charge in [0.05, 0.1) is 0 Å². The van der Waals surface area contributed by atoms with Crippen LogP contribution in [0.4, 0.5) is 0 Å². The summed E-state index contributed by atoms with van der Waals surface area (Å²) in [7, 11) is 0. The maximum Gasteiger partial charge on any atom is 0.140 e. The summed E-state index contributed by atoms with van der Waals surface area (Å²) in [6.45, 7) is 4.23. The van der Waals surface area contributed by atoms with Gasteiger partial charge >= 0.3 is 0 Å². The lowest BCUT2D eigenvalue weighted by Gasteiger charge is -2.47. The lowest BCUT2D eigenvalue weighted by atomic mass is 9.54. The zero-order valence-electron chi connectivity index (χ0n) is 9.36. The first-order chi connectivity index (χ1) is 7.24. The summed E-state index contributed by atoms with van der Waals surface area (Å²) in [5, 5.41) is 0. The fourth-order valence-corrected chi connectivity index (χ4v) is 2.80. The lowest BCUT2D eigenvalue weighted by molar-refractivity contribution is -0.141. The van der Waals surface area contributed by atoms with E-state index >= 15 is 0 Å². The molecule has 1 unspecified atom stereocenters. The summed E-state index contributed by atoms with van der Waals surface area (Å²) in [5.74, 6) is 0.829. The van der Waals surface area contributed by atoms with E-state index in [1.165, 1.54) is 5.56 Å². The highest BCUT2D eigenvalue weighted by atomic mass is 16.1. The summed E-state index contributed by atoms with van der Waals surface area (Å²) < 4.78 is 0. The van der Waals surface area contributed by atoms with Crippen molar-refractivity contribution in [2.45, 2.75) is 39.0 Å². The Morgan fingerprint density at radius 3 is 2.67 bits per heavy atom. The number of hydrogen-bond donors (Lipinski definition) is 0. The van der Waals surface area contributed by atoms with Gasteiger partial charge in [-0.3, -0.25) is 9.78 Å². The second-order valence-electron chi connectivity index (χ2n) is 4.33. The summed E-state index contributed by atoms with van der Waals surface area (Å²) in [6.07, 6.45) is 6.28. The highest BCUT2D eigenvalue weighted by Crippen LogP contribution is 2.54. The topological polar surface area (TPSA) is 30.0 Å². The van der Waals surface area contributed by atoms with Crippen LogP contribution in [0.5, 0.6) is 0 Å². The van der Waals surface area contributed by atoms with Crippen LogP contribution in [0, 0.1) is 5.41 Å². The number of pyridine rings is 1. The van der Waals surface area contributed by atoms with E-state index in [1.807, 2.05) is 12.3 Å². The Labute approximate surface area is 90.7 Å². The van der Waals surface area contributed by atoms with Crippen molar-refractivity contribution in [3.8, 4) is 0 Å². The smallest absolute Gasteiger partial charge is 0.140 e. The van der Waals surface area contributed by atoms with E-state index in [4.69, 9.17) is 0 Å². The molecular formula is C13H17NO. The Hall–Kier alpha value is -1.18. The van der Waals surface area contributed by atoms with Crippen LogP contribution in [0.15, 0.2) is 24.5 Å². The molecule has 2 heteroatoms. The van der Waals surface area contributed by atoms with E-state index in [1.54, 1.807) is 6.20 Å². The number of carbonyl (C=O) groups is 1. The number of aromatic nitrogens is 1. The van der Waals surface area contributed by atoms with Crippen LogP contribution >= 0.6 is 0 Å². The van der Waals surface area contributed by atoms with Crippen LogP contribution in [0.1, 0.15) is 44.6 Å². The number of ketones is 1. The van der Waals surface area contributed by atoms with Crippen LogP contribution in [0.25, 0.3) is 0 Å². The van der Waals surface area contributed by atoms with Gasteiger partial charge in [-0.2, -0.15) is 0 Å². The zero-order chi connectivity index (χ0) is 10.9. The molecule has 1 aliphatic carbocycles. The molecule has 0 bridgehead atoms. The van der Waals surface area contributed by atoms with Gasteiger partial charge in [0.15, 0.2) is 0 Å². The van der Waals surface area contributed by atoms with Gasteiger partial charge in [0.25, 0.3) is 0 Å². The van der Waals surface area contributed by atoms with E-state index < -0.39 is 0 Å². The summed E-state index contributed by atoms with van der Waals surface area (Å²) in [4.78, 5) is 15.9. The molecule has 0 aliphatic heterocycles. The second kappa shape index (κ2) is 3.76. The zero-order valence-corrected chi connectivity index (χ0v) is 9.36. The Morgan fingerprint density at radius 2 is 2.20 bits per heavy atom. The standard InChI is InChI=1S/C13H17NO/c1-3-13(4-2)11(8-12(13)15)10-6-5-7-14-9-10/h5-7,9,11H,3-4,8H2,1-2H3. The molecule has 0 radical (unpaired) electrons. The van der Waals surface area contributed by atoms with Crippen molar-refractivity contribution in [2.24, 2.45) is 5.41 Å². The quantitative estimate of drug-likeness (QED) is 0.756. The monoisotopic (exact) mass is 203 g/mol. The fourth-order valence-electron chi connectivity index (χ4n) is 2.80. The van der Waals surface area contributed by atoms with Crippen molar-refractivity contribution in [2.75, 3.05) is 0 Å². The Morgan fingerprint density at radius 1 is 1.47 bits per heavy atom. The van der Waals surface area contributed by atoms with Gasteiger partial charge in [0.2, 0.25) is 0 Å². The predicted octanol–water partition coefficient (Wildman–Crippen LogP) is 2.94. The molecule has 2 rings (SSSR count). The van der Waals surface area contributed by atoms with Gasteiger partial charge in [0.1, 0.15) is 5.78 Å². The molecule has 1 aromatic heterocycles. The molecule has 0 saturated heterocycles. The molecule has 0 amide bonds. The average Bonchev–Trinajstić information content (AvgIpc) is 2.29. The van der Waals surface area contributed by atoms with Gasteiger partial charge in [-0.1, -0.05) is 19.9 Å². The molecule has 2 nitrogen and oxygen atoms in total. The van der Waals surface area contributed by atoms with Crippen LogP contribution < -0.4 is 0 Å². The maximum absolute atomic E-state index is 11.8. The third-order valence-electron chi connectivity index (χ3n) is 3.96. The highest BCUT2D eigenvalue weighted by Gasteiger charge is 2.52. The second-order valence-corrected chi connectivity index (χ2v) is 4.33. The molecule has 1 heterocycles. The van der Waals surface area contributed by atoms with Crippen molar-refractivity contribution in [1.29, 1.82) is 0 Å². The third kappa shape index (κ3) is 1.39. The molecule has 0 spiro atoms. The van der Waals surface area contributed by atoms with Crippen LogP contribution in [0.3, 0.4) is 0 Å². The van der Waals surface area contributed by atoms with E-state index in [0.717, 1.165) is 12.8 Å². The largest absolute Gasteiger partial charge is 0.299 e. The minimum Gasteiger partial charge on any atom is -0.299 e. The molecule has 1 saturated carbocycles. The normalized spacial score (nSPS) is 23.6. The van der Waals surface area contributed by atoms with Crippen molar-refractivity contribution in [3.05, 3.63) is 30.1 Å². The molecule has 1 aliphatic rings. The lowest BCUT2D eigenvalue weighted by Crippen LogP contribution is -2.47. The summed E-state index contributed by atoms with van der Waals surface area (Å²) in [5.41, 5.74) is 1.13.